The summed E-state index contributed by atoms with van der Waals surface area (Å²) in [6, 6.07) is 15.1. The van der Waals surface area contributed by atoms with Crippen molar-refractivity contribution in [3.8, 4) is 11.5 Å². The molecule has 0 aliphatic rings. The fraction of sp³-hybridized carbons (Fsp3) is 0.462. The zero-order valence-electron chi connectivity index (χ0n) is 18.3. The number of rotatable bonds is 13. The third-order valence-corrected chi connectivity index (χ3v) is 4.95. The monoisotopic (exact) mass is 410 g/mol. The number of benzene rings is 2. The molecule has 162 valence electrons. The van der Waals surface area contributed by atoms with Crippen LogP contribution in [-0.4, -0.2) is 11.9 Å². The van der Waals surface area contributed by atoms with Crippen molar-refractivity contribution in [1.82, 2.24) is 0 Å². The molecule has 0 unspecified atom stereocenters. The first-order valence-electron chi connectivity index (χ1n) is 11.1. The van der Waals surface area contributed by atoms with E-state index in [-0.39, 0.29) is 11.9 Å². The number of carbonyl (C=O) groups excluding carboxylic acids is 2. The highest BCUT2D eigenvalue weighted by Gasteiger charge is 2.06. The van der Waals surface area contributed by atoms with Crippen molar-refractivity contribution in [3.63, 3.8) is 0 Å². The lowest BCUT2D eigenvalue weighted by Gasteiger charge is -2.06. The van der Waals surface area contributed by atoms with Gasteiger partial charge in [-0.1, -0.05) is 62.8 Å². The van der Waals surface area contributed by atoms with Gasteiger partial charge >= 0.3 is 11.9 Å². The molecule has 0 fully saturated rings. The number of carbonyl (C=O) groups is 2. The number of esters is 2. The third kappa shape index (κ3) is 10.2. The molecule has 0 bridgehead atoms. The summed E-state index contributed by atoms with van der Waals surface area (Å²) in [6.07, 6.45) is 9.37. The molecule has 2 aromatic carbocycles. The predicted molar refractivity (Wildman–Crippen MR) is 120 cm³/mol. The summed E-state index contributed by atoms with van der Waals surface area (Å²) in [6.45, 7) is 3.96. The lowest BCUT2D eigenvalue weighted by atomic mass is 10.1. The van der Waals surface area contributed by atoms with Crippen LogP contribution in [0.5, 0.6) is 11.5 Å². The first kappa shape index (κ1) is 23.7. The molecular weight excluding hydrogens is 376 g/mol. The second-order valence-electron chi connectivity index (χ2n) is 7.91. The number of ether oxygens (including phenoxy) is 2. The van der Waals surface area contributed by atoms with Crippen LogP contribution < -0.4 is 9.47 Å². The topological polar surface area (TPSA) is 52.6 Å². The fourth-order valence-electron chi connectivity index (χ4n) is 3.32. The van der Waals surface area contributed by atoms with Crippen LogP contribution in [0.4, 0.5) is 0 Å². The molecule has 0 saturated heterocycles. The first-order valence-corrected chi connectivity index (χ1v) is 11.1. The molecule has 0 saturated carbocycles. The Kier molecular flexibility index (Phi) is 10.7. The van der Waals surface area contributed by atoms with Crippen LogP contribution in [0, 0.1) is 13.8 Å². The van der Waals surface area contributed by atoms with Crippen molar-refractivity contribution in [2.24, 2.45) is 0 Å². The molecule has 2 aromatic rings. The summed E-state index contributed by atoms with van der Waals surface area (Å²) in [4.78, 5) is 23.7. The SMILES string of the molecule is Cc1cccc(OC(=O)CCCCCCCCCCC(=O)Oc2cccc(C)c2)c1. The summed E-state index contributed by atoms with van der Waals surface area (Å²) in [7, 11) is 0. The predicted octanol–water partition coefficient (Wildman–Crippen LogP) is 6.72. The maximum atomic E-state index is 11.9. The standard InChI is InChI=1S/C26H34O4/c1-21-13-11-15-23(19-21)29-25(27)17-9-7-5-3-4-6-8-10-18-26(28)30-24-16-12-14-22(2)20-24/h11-16,19-20H,3-10,17-18H2,1-2H3. The van der Waals surface area contributed by atoms with E-state index in [2.05, 4.69) is 0 Å². The van der Waals surface area contributed by atoms with Crippen LogP contribution in [0.2, 0.25) is 0 Å². The molecule has 0 aliphatic heterocycles. The molecule has 4 nitrogen and oxygen atoms in total. The molecule has 2 rings (SSSR count). The van der Waals surface area contributed by atoms with E-state index < -0.39 is 0 Å². The number of hydrogen-bond donors (Lipinski definition) is 0. The van der Waals surface area contributed by atoms with Crippen molar-refractivity contribution in [2.75, 3.05) is 0 Å². The van der Waals surface area contributed by atoms with Crippen LogP contribution >= 0.6 is 0 Å². The second kappa shape index (κ2) is 13.6. The van der Waals surface area contributed by atoms with E-state index in [1.165, 1.54) is 12.8 Å². The van der Waals surface area contributed by atoms with Gasteiger partial charge in [-0.3, -0.25) is 9.59 Å². The Balaban J connectivity index is 1.41. The molecular formula is C26H34O4. The van der Waals surface area contributed by atoms with E-state index in [0.29, 0.717) is 24.3 Å². The van der Waals surface area contributed by atoms with Crippen molar-refractivity contribution in [2.45, 2.75) is 78.1 Å². The maximum Gasteiger partial charge on any atom is 0.311 e. The highest BCUT2D eigenvalue weighted by atomic mass is 16.5. The van der Waals surface area contributed by atoms with Gasteiger partial charge in [0.15, 0.2) is 0 Å². The van der Waals surface area contributed by atoms with E-state index in [1.54, 1.807) is 0 Å². The second-order valence-corrected chi connectivity index (χ2v) is 7.91. The van der Waals surface area contributed by atoms with Crippen LogP contribution in [0.15, 0.2) is 48.5 Å². The smallest absolute Gasteiger partial charge is 0.311 e. The summed E-state index contributed by atoms with van der Waals surface area (Å²) in [5, 5.41) is 0. The van der Waals surface area contributed by atoms with Crippen molar-refractivity contribution >= 4 is 11.9 Å². The van der Waals surface area contributed by atoms with E-state index >= 15 is 0 Å². The Bertz CT molecular complexity index is 730. The Morgan fingerprint density at radius 2 is 0.967 bits per heavy atom. The highest BCUT2D eigenvalue weighted by Crippen LogP contribution is 2.16. The molecule has 0 radical (unpaired) electrons. The number of aryl methyl sites for hydroxylation is 2. The summed E-state index contributed by atoms with van der Waals surface area (Å²) >= 11 is 0. The van der Waals surface area contributed by atoms with Gasteiger partial charge in [0, 0.05) is 12.8 Å². The van der Waals surface area contributed by atoms with E-state index in [0.717, 1.165) is 49.7 Å². The molecule has 0 spiro atoms. The van der Waals surface area contributed by atoms with Gasteiger partial charge in [-0.15, -0.1) is 0 Å². The minimum Gasteiger partial charge on any atom is -0.427 e. The fourth-order valence-corrected chi connectivity index (χ4v) is 3.32. The van der Waals surface area contributed by atoms with E-state index in [4.69, 9.17) is 9.47 Å². The van der Waals surface area contributed by atoms with Crippen LogP contribution in [0.3, 0.4) is 0 Å². The van der Waals surface area contributed by atoms with Gasteiger partial charge in [0.25, 0.3) is 0 Å². The number of hydrogen-bond acceptors (Lipinski definition) is 4. The lowest BCUT2D eigenvalue weighted by molar-refractivity contribution is -0.135. The van der Waals surface area contributed by atoms with Gasteiger partial charge in [0.05, 0.1) is 0 Å². The Labute approximate surface area is 180 Å². The summed E-state index contributed by atoms with van der Waals surface area (Å²) < 4.78 is 10.7. The highest BCUT2D eigenvalue weighted by molar-refractivity contribution is 5.72. The van der Waals surface area contributed by atoms with Crippen LogP contribution in [0.25, 0.3) is 0 Å². The Hall–Kier alpha value is -2.62. The van der Waals surface area contributed by atoms with Crippen molar-refractivity contribution < 1.29 is 19.1 Å². The number of unbranched alkanes of at least 4 members (excludes halogenated alkanes) is 7. The minimum absolute atomic E-state index is 0.154. The molecule has 0 N–H and O–H groups in total. The molecule has 0 heterocycles. The summed E-state index contributed by atoms with van der Waals surface area (Å²) in [5.41, 5.74) is 2.17. The van der Waals surface area contributed by atoms with E-state index in [9.17, 15) is 9.59 Å². The van der Waals surface area contributed by atoms with Gasteiger partial charge in [-0.2, -0.15) is 0 Å². The zero-order chi connectivity index (χ0) is 21.6. The minimum atomic E-state index is -0.154. The van der Waals surface area contributed by atoms with Crippen molar-refractivity contribution in [1.29, 1.82) is 0 Å². The molecule has 0 aliphatic carbocycles. The zero-order valence-corrected chi connectivity index (χ0v) is 18.3. The lowest BCUT2D eigenvalue weighted by Crippen LogP contribution is -2.07. The van der Waals surface area contributed by atoms with Gasteiger partial charge < -0.3 is 9.47 Å². The Morgan fingerprint density at radius 1 is 0.600 bits per heavy atom. The van der Waals surface area contributed by atoms with Gasteiger partial charge in [-0.25, -0.2) is 0 Å². The first-order chi connectivity index (χ1) is 14.5. The largest absolute Gasteiger partial charge is 0.427 e. The quantitative estimate of drug-likeness (QED) is 0.209. The normalized spacial score (nSPS) is 10.6. The van der Waals surface area contributed by atoms with Crippen molar-refractivity contribution in [3.05, 3.63) is 59.7 Å². The van der Waals surface area contributed by atoms with Crippen LogP contribution in [-0.2, 0) is 9.59 Å². The molecule has 30 heavy (non-hydrogen) atoms. The maximum absolute atomic E-state index is 11.9. The molecule has 0 aromatic heterocycles. The molecule has 0 atom stereocenters. The molecule has 0 amide bonds. The average molecular weight is 411 g/mol. The van der Waals surface area contributed by atoms with Gasteiger partial charge in [-0.05, 0) is 62.1 Å². The average Bonchev–Trinajstić information content (AvgIpc) is 2.69. The van der Waals surface area contributed by atoms with Gasteiger partial charge in [0.2, 0.25) is 0 Å². The van der Waals surface area contributed by atoms with Crippen LogP contribution in [0.1, 0.15) is 75.3 Å². The Morgan fingerprint density at radius 3 is 1.33 bits per heavy atom. The third-order valence-electron chi connectivity index (χ3n) is 4.95. The molecule has 4 heteroatoms. The van der Waals surface area contributed by atoms with Gasteiger partial charge in [0.1, 0.15) is 11.5 Å². The summed E-state index contributed by atoms with van der Waals surface area (Å²) in [5.74, 6) is 0.946. The van der Waals surface area contributed by atoms with E-state index in [1.807, 2.05) is 62.4 Å².